The quantitative estimate of drug-likeness (QED) is 0.0494. The second-order valence-electron chi connectivity index (χ2n) is 14.2. The molecule has 5 aromatic rings. The number of hydrogen-bond acceptors (Lipinski definition) is 5. The van der Waals surface area contributed by atoms with Crippen molar-refractivity contribution in [3.05, 3.63) is 126 Å². The van der Waals surface area contributed by atoms with Gasteiger partial charge in [0.15, 0.2) is 12.3 Å². The Kier molecular flexibility index (Phi) is 8.75. The Morgan fingerprint density at radius 2 is 1.51 bits per heavy atom. The van der Waals surface area contributed by atoms with E-state index in [0.717, 1.165) is 50.1 Å². The summed E-state index contributed by atoms with van der Waals surface area (Å²) in [6.07, 6.45) is 10.4. The van der Waals surface area contributed by atoms with Crippen molar-refractivity contribution < 1.29 is 28.7 Å². The van der Waals surface area contributed by atoms with Crippen LogP contribution < -0.4 is 9.64 Å². The van der Waals surface area contributed by atoms with Crippen LogP contribution in [0, 0.1) is 0 Å². The fourth-order valence-electron chi connectivity index (χ4n) is 8.34. The first-order chi connectivity index (χ1) is 24.6. The number of ether oxygens (including phenoxy) is 2. The van der Waals surface area contributed by atoms with E-state index >= 15 is 0 Å². The Hall–Kier alpha value is -5.69. The summed E-state index contributed by atoms with van der Waals surface area (Å²) in [5.74, 6) is -0.0198. The van der Waals surface area contributed by atoms with Gasteiger partial charge in [0, 0.05) is 28.4 Å². The van der Waals surface area contributed by atoms with E-state index in [9.17, 15) is 14.7 Å². The van der Waals surface area contributed by atoms with Crippen LogP contribution in [0.25, 0.3) is 32.3 Å². The van der Waals surface area contributed by atoms with Crippen LogP contribution in [-0.2, 0) is 25.2 Å². The second-order valence-corrected chi connectivity index (χ2v) is 14.2. The summed E-state index contributed by atoms with van der Waals surface area (Å²) in [5.41, 5.74) is 6.01. The second kappa shape index (κ2) is 13.2. The molecule has 0 unspecified atom stereocenters. The van der Waals surface area contributed by atoms with Crippen LogP contribution >= 0.6 is 0 Å². The molecule has 2 aliphatic heterocycles. The fourth-order valence-corrected chi connectivity index (χ4v) is 8.34. The van der Waals surface area contributed by atoms with Gasteiger partial charge in [0.1, 0.15) is 18.8 Å². The molecule has 0 fully saturated rings. The van der Waals surface area contributed by atoms with Crippen molar-refractivity contribution in [1.82, 2.24) is 0 Å². The topological polar surface area (TPSA) is 79.1 Å². The molecule has 2 heterocycles. The number of aliphatic carboxylic acids is 1. The summed E-state index contributed by atoms with van der Waals surface area (Å²) in [5, 5.41) is 16.7. The number of nitrogens with zero attached hydrogens (tertiary/aromatic N) is 2. The number of rotatable bonds is 11. The molecule has 0 aromatic heterocycles. The van der Waals surface area contributed by atoms with Crippen LogP contribution in [0.15, 0.2) is 115 Å². The molecule has 258 valence electrons. The largest absolute Gasteiger partial charge is 0.497 e. The molecular weight excluding hydrogens is 636 g/mol. The Balaban J connectivity index is 1.30. The number of fused-ring (bicyclic) bond motifs is 9. The molecule has 0 radical (unpaired) electrons. The lowest BCUT2D eigenvalue weighted by Crippen LogP contribution is -2.29. The van der Waals surface area contributed by atoms with Crippen molar-refractivity contribution in [3.8, 4) is 5.75 Å². The highest BCUT2D eigenvalue weighted by molar-refractivity contribution is 6.19. The molecular formula is C44H43N2O5+. The van der Waals surface area contributed by atoms with E-state index in [2.05, 4.69) is 128 Å². The molecule has 5 aromatic carbocycles. The molecule has 1 N–H and O–H groups in total. The van der Waals surface area contributed by atoms with Crippen molar-refractivity contribution in [2.45, 2.75) is 44.9 Å². The van der Waals surface area contributed by atoms with Gasteiger partial charge in [0.05, 0.1) is 24.5 Å². The zero-order valence-corrected chi connectivity index (χ0v) is 29.8. The van der Waals surface area contributed by atoms with Gasteiger partial charge in [-0.1, -0.05) is 86.7 Å². The van der Waals surface area contributed by atoms with Crippen molar-refractivity contribution in [1.29, 1.82) is 0 Å². The summed E-state index contributed by atoms with van der Waals surface area (Å²) >= 11 is 0. The normalized spacial score (nSPS) is 17.0. The Labute approximate surface area is 298 Å². The third kappa shape index (κ3) is 5.67. The molecule has 7 rings (SSSR count). The van der Waals surface area contributed by atoms with Gasteiger partial charge < -0.3 is 19.5 Å². The highest BCUT2D eigenvalue weighted by Gasteiger charge is 2.47. The van der Waals surface area contributed by atoms with Crippen LogP contribution in [0.2, 0.25) is 0 Å². The molecule has 0 bridgehead atoms. The van der Waals surface area contributed by atoms with E-state index in [0.29, 0.717) is 19.6 Å². The minimum absolute atomic E-state index is 0.0236. The van der Waals surface area contributed by atoms with E-state index < -0.39 is 5.97 Å². The summed E-state index contributed by atoms with van der Waals surface area (Å²) in [7, 11) is 1.68. The van der Waals surface area contributed by atoms with Crippen molar-refractivity contribution in [3.63, 3.8) is 0 Å². The van der Waals surface area contributed by atoms with Gasteiger partial charge in [-0.15, -0.1) is 0 Å². The maximum Gasteiger partial charge on any atom is 0.309 e. The molecule has 0 saturated carbocycles. The average molecular weight is 680 g/mol. The van der Waals surface area contributed by atoms with E-state index in [1.54, 1.807) is 7.11 Å². The zero-order valence-electron chi connectivity index (χ0n) is 29.8. The molecule has 7 nitrogen and oxygen atoms in total. The highest BCUT2D eigenvalue weighted by atomic mass is 16.5. The predicted molar refractivity (Wildman–Crippen MR) is 206 cm³/mol. The van der Waals surface area contributed by atoms with Gasteiger partial charge in [-0.2, -0.15) is 4.58 Å². The third-order valence-electron chi connectivity index (χ3n) is 10.6. The summed E-state index contributed by atoms with van der Waals surface area (Å²) in [4.78, 5) is 25.2. The maximum atomic E-state index is 11.9. The van der Waals surface area contributed by atoms with Crippen molar-refractivity contribution >= 4 is 61.8 Å². The van der Waals surface area contributed by atoms with Gasteiger partial charge >= 0.3 is 5.97 Å². The number of anilines is 1. The number of carbonyl (C=O) groups is 2. The summed E-state index contributed by atoms with van der Waals surface area (Å²) in [6, 6.07) is 27.4. The highest BCUT2D eigenvalue weighted by Crippen LogP contribution is 2.51. The smallest absolute Gasteiger partial charge is 0.309 e. The fraction of sp³-hybridized carbons (Fsp3) is 0.250. The number of methoxy groups -OCH3 is 1. The van der Waals surface area contributed by atoms with E-state index in [4.69, 9.17) is 9.47 Å². The van der Waals surface area contributed by atoms with Gasteiger partial charge in [-0.25, -0.2) is 0 Å². The Morgan fingerprint density at radius 3 is 2.22 bits per heavy atom. The minimum Gasteiger partial charge on any atom is -0.497 e. The van der Waals surface area contributed by atoms with Crippen LogP contribution in [0.3, 0.4) is 0 Å². The molecule has 0 amide bonds. The van der Waals surface area contributed by atoms with Crippen LogP contribution in [0.1, 0.15) is 45.2 Å². The lowest BCUT2D eigenvalue weighted by molar-refractivity contribution is -0.435. The lowest BCUT2D eigenvalue weighted by atomic mass is 9.78. The average Bonchev–Trinajstić information content (AvgIpc) is 3.49. The van der Waals surface area contributed by atoms with E-state index in [1.165, 1.54) is 21.9 Å². The molecule has 0 aliphatic carbocycles. The maximum absolute atomic E-state index is 11.9. The van der Waals surface area contributed by atoms with Crippen molar-refractivity contribution in [2.24, 2.45) is 0 Å². The Morgan fingerprint density at radius 1 is 0.824 bits per heavy atom. The first-order valence-corrected chi connectivity index (χ1v) is 17.4. The van der Waals surface area contributed by atoms with Gasteiger partial charge in [-0.3, -0.25) is 9.59 Å². The van der Waals surface area contributed by atoms with Crippen LogP contribution in [0.4, 0.5) is 11.4 Å². The number of carboxylic acid groups (broad SMARTS) is 1. The minimum atomic E-state index is -0.823. The van der Waals surface area contributed by atoms with E-state index in [1.807, 2.05) is 18.2 Å². The molecule has 51 heavy (non-hydrogen) atoms. The standard InChI is InChI=1S/C44H42N2O5/c1-43(2)37(45(25-26-51-28-47)36-22-20-29-19-21-30(50-5)27-35(29)40(36)43)17-7-6-8-18-38-44(3,4)41-33-15-11-9-13-31(33)32-14-10-12-16-34(32)42(41)46(38)24-23-39(48)49/h6-22,27-28H,23-26H2,1-5H3/p+1. The molecule has 7 heteroatoms. The number of hydrogen-bond donors (Lipinski definition) is 1. The molecule has 0 saturated heterocycles. The third-order valence-corrected chi connectivity index (χ3v) is 10.6. The monoisotopic (exact) mass is 679 g/mol. The first kappa shape index (κ1) is 33.8. The number of carbonyl (C=O) groups excluding carboxylic acids is 1. The number of allylic oxidation sites excluding steroid dienone is 6. The number of carboxylic acids is 1. The zero-order chi connectivity index (χ0) is 35.9. The van der Waals surface area contributed by atoms with Gasteiger partial charge in [-0.05, 0) is 76.7 Å². The van der Waals surface area contributed by atoms with Crippen molar-refractivity contribution in [2.75, 3.05) is 31.7 Å². The lowest BCUT2D eigenvalue weighted by Gasteiger charge is -2.26. The molecule has 0 spiro atoms. The van der Waals surface area contributed by atoms with Gasteiger partial charge in [0.2, 0.25) is 5.69 Å². The van der Waals surface area contributed by atoms with E-state index in [-0.39, 0.29) is 23.9 Å². The Bertz CT molecular complexity index is 2340. The predicted octanol–water partition coefficient (Wildman–Crippen LogP) is 8.97. The SMILES string of the molecule is COc1ccc2ccc3c(c2c1)C(C)(C)/C(=C/C=C/C=C/C1=[N+](CCC(=O)O)c2c(c4ccccc4c4ccccc24)C1(C)C)N3CCOC=O. The molecule has 2 aliphatic rings. The number of benzene rings is 5. The van der Waals surface area contributed by atoms with Crippen LogP contribution in [0.5, 0.6) is 5.75 Å². The first-order valence-electron chi connectivity index (χ1n) is 17.4. The molecule has 0 atom stereocenters. The van der Waals surface area contributed by atoms with Gasteiger partial charge in [0.25, 0.3) is 6.47 Å². The summed E-state index contributed by atoms with van der Waals surface area (Å²) < 4.78 is 13.0. The summed E-state index contributed by atoms with van der Waals surface area (Å²) in [6.45, 7) is 10.6. The van der Waals surface area contributed by atoms with Crippen LogP contribution in [-0.4, -0.2) is 54.6 Å².